The van der Waals surface area contributed by atoms with Crippen molar-refractivity contribution in [3.63, 3.8) is 0 Å². The lowest BCUT2D eigenvalue weighted by molar-refractivity contribution is 0.0924. The third-order valence-electron chi connectivity index (χ3n) is 5.90. The summed E-state index contributed by atoms with van der Waals surface area (Å²) in [5.41, 5.74) is 0.900. The lowest BCUT2D eigenvalue weighted by Gasteiger charge is -2.30. The first kappa shape index (κ1) is 23.1. The number of pyridine rings is 1. The van der Waals surface area contributed by atoms with Crippen LogP contribution in [0.2, 0.25) is 0 Å². The molecule has 1 fully saturated rings. The average molecular weight is 466 g/mol. The average Bonchev–Trinajstić information content (AvgIpc) is 3.38. The Bertz CT molecular complexity index is 1100. The zero-order chi connectivity index (χ0) is 23.5. The zero-order valence-electron chi connectivity index (χ0n) is 18.1. The van der Waals surface area contributed by atoms with Crippen molar-refractivity contribution in [3.8, 4) is 0 Å². The number of alkyl halides is 4. The zero-order valence-corrected chi connectivity index (χ0v) is 18.1. The molecule has 1 aliphatic rings. The smallest absolute Gasteiger partial charge is 0.281 e. The van der Waals surface area contributed by atoms with Gasteiger partial charge in [0.2, 0.25) is 6.43 Å². The SMILES string of the molecule is Cn1cc(C(=O)N[C@H]2CC[C@@H](Nc3cccc4nc(C(F)F)cn34)CC2)c(CCC(F)F)n1. The Labute approximate surface area is 188 Å². The molecule has 0 aliphatic heterocycles. The van der Waals surface area contributed by atoms with Gasteiger partial charge < -0.3 is 10.6 Å². The lowest BCUT2D eigenvalue weighted by Crippen LogP contribution is -2.40. The van der Waals surface area contributed by atoms with Gasteiger partial charge in [-0.25, -0.2) is 22.5 Å². The molecule has 0 radical (unpaired) electrons. The number of carbonyl (C=O) groups excluding carboxylic acids is 1. The number of nitrogens with one attached hydrogen (secondary N) is 2. The highest BCUT2D eigenvalue weighted by molar-refractivity contribution is 5.95. The van der Waals surface area contributed by atoms with Gasteiger partial charge in [0.1, 0.15) is 17.2 Å². The standard InChI is InChI=1S/C22H26F4N6O/c1-31-11-15(16(30-31)9-10-18(23)24)22(33)28-14-7-5-13(6-8-14)27-19-3-2-4-20-29-17(21(25)26)12-32(19)20/h2-4,11-14,18,21,27H,5-10H2,1H3,(H,28,33)/t13-,14+. The first-order chi connectivity index (χ1) is 15.8. The van der Waals surface area contributed by atoms with E-state index < -0.39 is 12.9 Å². The summed E-state index contributed by atoms with van der Waals surface area (Å²) in [7, 11) is 1.66. The Balaban J connectivity index is 1.34. The summed E-state index contributed by atoms with van der Waals surface area (Å²) in [5.74, 6) is 0.393. The second-order valence-electron chi connectivity index (χ2n) is 8.36. The number of nitrogens with zero attached hydrogens (tertiary/aromatic N) is 4. The van der Waals surface area contributed by atoms with E-state index >= 15 is 0 Å². The van der Waals surface area contributed by atoms with Crippen LogP contribution in [-0.4, -0.2) is 43.6 Å². The number of amides is 1. The molecule has 178 valence electrons. The molecule has 1 aliphatic carbocycles. The molecule has 0 bridgehead atoms. The Hall–Kier alpha value is -3.11. The summed E-state index contributed by atoms with van der Waals surface area (Å²) in [6.45, 7) is 0. The van der Waals surface area contributed by atoms with E-state index in [0.29, 0.717) is 22.7 Å². The Morgan fingerprint density at radius 1 is 1.12 bits per heavy atom. The van der Waals surface area contributed by atoms with Gasteiger partial charge in [0.15, 0.2) is 0 Å². The number of aromatic nitrogens is 4. The van der Waals surface area contributed by atoms with Crippen LogP contribution in [0, 0.1) is 0 Å². The van der Waals surface area contributed by atoms with E-state index in [1.165, 1.54) is 10.9 Å². The van der Waals surface area contributed by atoms with Crippen molar-refractivity contribution in [2.45, 2.75) is 63.5 Å². The van der Waals surface area contributed by atoms with Crippen molar-refractivity contribution < 1.29 is 22.4 Å². The van der Waals surface area contributed by atoms with Gasteiger partial charge in [-0.05, 0) is 44.2 Å². The maximum absolute atomic E-state index is 13.0. The van der Waals surface area contributed by atoms with Gasteiger partial charge in [-0.2, -0.15) is 5.10 Å². The third-order valence-corrected chi connectivity index (χ3v) is 5.90. The predicted octanol–water partition coefficient (Wildman–Crippen LogP) is 4.36. The van der Waals surface area contributed by atoms with Crippen LogP contribution < -0.4 is 10.6 Å². The molecule has 0 atom stereocenters. The third kappa shape index (κ3) is 5.45. The van der Waals surface area contributed by atoms with Crippen LogP contribution in [0.4, 0.5) is 23.4 Å². The summed E-state index contributed by atoms with van der Waals surface area (Å²) in [6.07, 6.45) is 0.564. The first-order valence-corrected chi connectivity index (χ1v) is 10.9. The molecule has 0 aromatic carbocycles. The molecule has 1 amide bonds. The van der Waals surface area contributed by atoms with E-state index in [2.05, 4.69) is 20.7 Å². The molecule has 2 N–H and O–H groups in total. The molecule has 1 saturated carbocycles. The van der Waals surface area contributed by atoms with Gasteiger partial charge in [-0.15, -0.1) is 0 Å². The number of hydrogen-bond donors (Lipinski definition) is 2. The van der Waals surface area contributed by atoms with Gasteiger partial charge in [0.25, 0.3) is 12.3 Å². The molecular formula is C22H26F4N6O. The highest BCUT2D eigenvalue weighted by Gasteiger charge is 2.25. The second-order valence-corrected chi connectivity index (χ2v) is 8.36. The van der Waals surface area contributed by atoms with E-state index in [9.17, 15) is 22.4 Å². The van der Waals surface area contributed by atoms with Crippen LogP contribution in [-0.2, 0) is 13.5 Å². The van der Waals surface area contributed by atoms with Gasteiger partial charge in [-0.3, -0.25) is 13.9 Å². The first-order valence-electron chi connectivity index (χ1n) is 10.9. The minimum atomic E-state index is -2.63. The Kier molecular flexibility index (Phi) is 6.85. The number of aryl methyl sites for hydroxylation is 2. The number of halogens is 4. The Morgan fingerprint density at radius 3 is 2.55 bits per heavy atom. The molecule has 4 rings (SSSR count). The molecule has 3 aromatic rings. The second kappa shape index (κ2) is 9.80. The quantitative estimate of drug-likeness (QED) is 0.484. The number of fused-ring (bicyclic) bond motifs is 1. The van der Waals surface area contributed by atoms with Crippen LogP contribution in [0.15, 0.2) is 30.6 Å². The maximum atomic E-state index is 13.0. The van der Waals surface area contributed by atoms with Gasteiger partial charge in [0.05, 0.1) is 11.3 Å². The molecule has 11 heteroatoms. The summed E-state index contributed by atoms with van der Waals surface area (Å²) >= 11 is 0. The number of anilines is 1. The van der Waals surface area contributed by atoms with E-state index in [1.54, 1.807) is 29.8 Å². The normalized spacial score (nSPS) is 18.9. The van der Waals surface area contributed by atoms with Gasteiger partial charge in [-0.1, -0.05) is 6.07 Å². The topological polar surface area (TPSA) is 76.2 Å². The van der Waals surface area contributed by atoms with E-state index in [4.69, 9.17) is 0 Å². The Morgan fingerprint density at radius 2 is 1.85 bits per heavy atom. The van der Waals surface area contributed by atoms with Crippen LogP contribution in [0.3, 0.4) is 0 Å². The molecule has 7 nitrogen and oxygen atoms in total. The summed E-state index contributed by atoms with van der Waals surface area (Å²) in [6, 6.07) is 5.36. The highest BCUT2D eigenvalue weighted by atomic mass is 19.3. The fourth-order valence-electron chi connectivity index (χ4n) is 4.26. The molecule has 3 heterocycles. The van der Waals surface area contributed by atoms with Crippen molar-refractivity contribution in [3.05, 3.63) is 47.5 Å². The van der Waals surface area contributed by atoms with E-state index in [1.807, 2.05) is 6.07 Å². The monoisotopic (exact) mass is 466 g/mol. The van der Waals surface area contributed by atoms with Crippen molar-refractivity contribution in [1.29, 1.82) is 0 Å². The minimum absolute atomic E-state index is 0.0341. The van der Waals surface area contributed by atoms with Crippen LogP contribution in [0.25, 0.3) is 5.65 Å². The molecule has 33 heavy (non-hydrogen) atoms. The largest absolute Gasteiger partial charge is 0.368 e. The molecule has 0 saturated heterocycles. The van der Waals surface area contributed by atoms with Gasteiger partial charge >= 0.3 is 0 Å². The minimum Gasteiger partial charge on any atom is -0.368 e. The van der Waals surface area contributed by atoms with E-state index in [-0.39, 0.29) is 36.5 Å². The van der Waals surface area contributed by atoms with Crippen molar-refractivity contribution in [1.82, 2.24) is 24.5 Å². The van der Waals surface area contributed by atoms with Crippen molar-refractivity contribution in [2.75, 3.05) is 5.32 Å². The predicted molar refractivity (Wildman–Crippen MR) is 115 cm³/mol. The molecule has 0 spiro atoms. The van der Waals surface area contributed by atoms with Crippen LogP contribution in [0.5, 0.6) is 0 Å². The number of imidazole rings is 1. The summed E-state index contributed by atoms with van der Waals surface area (Å²) < 4.78 is 54.2. The lowest BCUT2D eigenvalue weighted by atomic mass is 9.91. The van der Waals surface area contributed by atoms with Gasteiger partial charge in [0, 0.05) is 37.9 Å². The van der Waals surface area contributed by atoms with Crippen molar-refractivity contribution >= 4 is 17.4 Å². The van der Waals surface area contributed by atoms with Crippen molar-refractivity contribution in [2.24, 2.45) is 7.05 Å². The molecular weight excluding hydrogens is 440 g/mol. The molecule has 3 aromatic heterocycles. The summed E-state index contributed by atoms with van der Waals surface area (Å²) in [5, 5.41) is 10.6. The summed E-state index contributed by atoms with van der Waals surface area (Å²) in [4.78, 5) is 16.7. The van der Waals surface area contributed by atoms with E-state index in [0.717, 1.165) is 25.7 Å². The maximum Gasteiger partial charge on any atom is 0.281 e. The van der Waals surface area contributed by atoms with Crippen LogP contribution >= 0.6 is 0 Å². The van der Waals surface area contributed by atoms with Crippen LogP contribution in [0.1, 0.15) is 60.3 Å². The molecule has 0 unspecified atom stereocenters. The number of hydrogen-bond acceptors (Lipinski definition) is 4. The fraction of sp³-hybridized carbons (Fsp3) is 0.500. The highest BCUT2D eigenvalue weighted by Crippen LogP contribution is 2.25. The number of rotatable bonds is 8. The number of carbonyl (C=O) groups is 1. The fourth-order valence-corrected chi connectivity index (χ4v) is 4.26.